The van der Waals surface area contributed by atoms with Crippen molar-refractivity contribution in [3.05, 3.63) is 35.4 Å². The van der Waals surface area contributed by atoms with E-state index in [9.17, 15) is 19.2 Å². The Morgan fingerprint density at radius 1 is 1.03 bits per heavy atom. The standard InChI is InChI=1S/C21H26N2O6/c1-21(2,3)29-20(27)22-11-8-14(9-12-22)28-17(24)10-13-23-18(25)15-6-4-5-7-16(15)19(23)26/h4-7,14H,8-13H2,1-3H3. The highest BCUT2D eigenvalue weighted by molar-refractivity contribution is 6.21. The summed E-state index contributed by atoms with van der Waals surface area (Å²) < 4.78 is 10.8. The van der Waals surface area contributed by atoms with E-state index in [1.54, 1.807) is 29.2 Å². The number of nitrogens with zero attached hydrogens (tertiary/aromatic N) is 2. The zero-order chi connectivity index (χ0) is 21.2. The van der Waals surface area contributed by atoms with Crippen LogP contribution in [0.3, 0.4) is 0 Å². The van der Waals surface area contributed by atoms with E-state index in [2.05, 4.69) is 0 Å². The third kappa shape index (κ3) is 4.93. The maximum atomic E-state index is 12.3. The number of amides is 3. The van der Waals surface area contributed by atoms with Crippen molar-refractivity contribution in [3.8, 4) is 0 Å². The Kier molecular flexibility index (Phi) is 5.91. The van der Waals surface area contributed by atoms with E-state index in [1.165, 1.54) is 0 Å². The molecule has 156 valence electrons. The van der Waals surface area contributed by atoms with Crippen LogP contribution in [0.2, 0.25) is 0 Å². The molecule has 0 radical (unpaired) electrons. The quantitative estimate of drug-likeness (QED) is 0.568. The van der Waals surface area contributed by atoms with Gasteiger partial charge in [-0.25, -0.2) is 4.79 Å². The van der Waals surface area contributed by atoms with Gasteiger partial charge in [-0.1, -0.05) is 12.1 Å². The van der Waals surface area contributed by atoms with Crippen molar-refractivity contribution in [2.45, 2.75) is 51.7 Å². The van der Waals surface area contributed by atoms with Crippen LogP contribution in [0.4, 0.5) is 4.79 Å². The van der Waals surface area contributed by atoms with Crippen LogP contribution in [0.25, 0.3) is 0 Å². The monoisotopic (exact) mass is 402 g/mol. The fourth-order valence-corrected chi connectivity index (χ4v) is 3.37. The number of hydrogen-bond acceptors (Lipinski definition) is 6. The van der Waals surface area contributed by atoms with Crippen molar-refractivity contribution in [2.75, 3.05) is 19.6 Å². The minimum absolute atomic E-state index is 0.0120. The number of hydrogen-bond donors (Lipinski definition) is 0. The van der Waals surface area contributed by atoms with E-state index in [0.29, 0.717) is 37.1 Å². The molecule has 0 atom stereocenters. The van der Waals surface area contributed by atoms with Gasteiger partial charge >= 0.3 is 12.1 Å². The van der Waals surface area contributed by atoms with Gasteiger partial charge in [0.15, 0.2) is 0 Å². The number of ether oxygens (including phenoxy) is 2. The molecule has 1 fully saturated rings. The maximum absolute atomic E-state index is 12.3. The van der Waals surface area contributed by atoms with Crippen LogP contribution in [0.1, 0.15) is 60.7 Å². The first kappa shape index (κ1) is 20.8. The molecule has 2 aliphatic heterocycles. The fraction of sp³-hybridized carbons (Fsp3) is 0.524. The molecule has 0 aromatic heterocycles. The van der Waals surface area contributed by atoms with Crippen molar-refractivity contribution in [1.82, 2.24) is 9.80 Å². The van der Waals surface area contributed by atoms with E-state index >= 15 is 0 Å². The average Bonchev–Trinajstić information content (AvgIpc) is 2.90. The highest BCUT2D eigenvalue weighted by Gasteiger charge is 2.35. The topological polar surface area (TPSA) is 93.2 Å². The van der Waals surface area contributed by atoms with Gasteiger partial charge in [0.2, 0.25) is 0 Å². The van der Waals surface area contributed by atoms with Crippen LogP contribution in [-0.4, -0.2) is 65.0 Å². The third-order valence-electron chi connectivity index (χ3n) is 4.81. The number of carbonyl (C=O) groups excluding carboxylic acids is 4. The maximum Gasteiger partial charge on any atom is 0.410 e. The number of fused-ring (bicyclic) bond motifs is 1. The summed E-state index contributed by atoms with van der Waals surface area (Å²) in [4.78, 5) is 51.6. The molecule has 0 bridgehead atoms. The summed E-state index contributed by atoms with van der Waals surface area (Å²) in [6.45, 7) is 6.33. The SMILES string of the molecule is CC(C)(C)OC(=O)N1CCC(OC(=O)CCN2C(=O)c3ccccc3C2=O)CC1. The summed E-state index contributed by atoms with van der Waals surface area (Å²) in [7, 11) is 0. The molecule has 8 nitrogen and oxygen atoms in total. The first-order valence-corrected chi connectivity index (χ1v) is 9.78. The van der Waals surface area contributed by atoms with E-state index in [-0.39, 0.29) is 37.0 Å². The third-order valence-corrected chi connectivity index (χ3v) is 4.81. The summed E-state index contributed by atoms with van der Waals surface area (Å²) in [5.41, 5.74) is 0.172. The number of likely N-dealkylation sites (tertiary alicyclic amines) is 1. The van der Waals surface area contributed by atoms with Crippen molar-refractivity contribution >= 4 is 23.9 Å². The van der Waals surface area contributed by atoms with Gasteiger partial charge in [-0.3, -0.25) is 19.3 Å². The van der Waals surface area contributed by atoms with Gasteiger partial charge in [-0.2, -0.15) is 0 Å². The van der Waals surface area contributed by atoms with Gasteiger partial charge in [0.05, 0.1) is 17.5 Å². The molecule has 29 heavy (non-hydrogen) atoms. The van der Waals surface area contributed by atoms with Gasteiger partial charge in [-0.05, 0) is 32.9 Å². The molecule has 2 heterocycles. The van der Waals surface area contributed by atoms with E-state index in [4.69, 9.17) is 9.47 Å². The summed E-state index contributed by atoms with van der Waals surface area (Å²) in [6.07, 6.45) is 0.338. The molecule has 3 rings (SSSR count). The molecule has 0 spiro atoms. The normalized spacial score (nSPS) is 17.3. The molecular weight excluding hydrogens is 376 g/mol. The molecule has 1 aromatic carbocycles. The molecule has 3 amide bonds. The molecule has 0 N–H and O–H groups in total. The fourth-order valence-electron chi connectivity index (χ4n) is 3.37. The molecule has 1 aromatic rings. The van der Waals surface area contributed by atoms with E-state index in [0.717, 1.165) is 4.90 Å². The van der Waals surface area contributed by atoms with Crippen LogP contribution in [0.15, 0.2) is 24.3 Å². The summed E-state index contributed by atoms with van der Waals surface area (Å²) in [5.74, 6) is -1.23. The number of carbonyl (C=O) groups is 4. The molecule has 8 heteroatoms. The molecule has 0 unspecified atom stereocenters. The Balaban J connectivity index is 1.43. The number of rotatable bonds is 4. The van der Waals surface area contributed by atoms with E-state index < -0.39 is 11.6 Å². The molecule has 2 aliphatic rings. The number of benzene rings is 1. The highest BCUT2D eigenvalue weighted by Crippen LogP contribution is 2.23. The molecule has 1 saturated heterocycles. The van der Waals surface area contributed by atoms with Crippen LogP contribution >= 0.6 is 0 Å². The largest absolute Gasteiger partial charge is 0.462 e. The van der Waals surface area contributed by atoms with Gasteiger partial charge in [0.1, 0.15) is 11.7 Å². The van der Waals surface area contributed by atoms with Crippen molar-refractivity contribution in [1.29, 1.82) is 0 Å². The smallest absolute Gasteiger partial charge is 0.410 e. The van der Waals surface area contributed by atoms with Gasteiger partial charge < -0.3 is 14.4 Å². The number of esters is 1. The van der Waals surface area contributed by atoms with Crippen molar-refractivity contribution in [3.63, 3.8) is 0 Å². The van der Waals surface area contributed by atoms with Gasteiger partial charge in [0, 0.05) is 32.5 Å². The van der Waals surface area contributed by atoms with Crippen LogP contribution in [-0.2, 0) is 14.3 Å². The minimum Gasteiger partial charge on any atom is -0.462 e. The Labute approximate surface area is 169 Å². The summed E-state index contributed by atoms with van der Waals surface area (Å²) in [6, 6.07) is 6.61. The second-order valence-electron chi connectivity index (χ2n) is 8.21. The van der Waals surface area contributed by atoms with Crippen LogP contribution in [0.5, 0.6) is 0 Å². The predicted octanol–water partition coefficient (Wildman–Crippen LogP) is 2.62. The average molecular weight is 402 g/mol. The van der Waals surface area contributed by atoms with Crippen LogP contribution in [0, 0.1) is 0 Å². The first-order chi connectivity index (χ1) is 13.7. The van der Waals surface area contributed by atoms with Gasteiger partial charge in [-0.15, -0.1) is 0 Å². The Bertz CT molecular complexity index is 786. The molecule has 0 saturated carbocycles. The zero-order valence-electron chi connectivity index (χ0n) is 17.0. The number of piperidine rings is 1. The second-order valence-corrected chi connectivity index (χ2v) is 8.21. The van der Waals surface area contributed by atoms with E-state index in [1.807, 2.05) is 20.8 Å². The minimum atomic E-state index is -0.551. The Morgan fingerprint density at radius 3 is 2.10 bits per heavy atom. The summed E-state index contributed by atoms with van der Waals surface area (Å²) in [5, 5.41) is 0. The molecule has 0 aliphatic carbocycles. The zero-order valence-corrected chi connectivity index (χ0v) is 17.0. The second kappa shape index (κ2) is 8.23. The first-order valence-electron chi connectivity index (χ1n) is 9.78. The van der Waals surface area contributed by atoms with Crippen molar-refractivity contribution < 1.29 is 28.7 Å². The predicted molar refractivity (Wildman–Crippen MR) is 103 cm³/mol. The summed E-state index contributed by atoms with van der Waals surface area (Å²) >= 11 is 0. The molecular formula is C21H26N2O6. The number of imide groups is 1. The highest BCUT2D eigenvalue weighted by atomic mass is 16.6. The lowest BCUT2D eigenvalue weighted by atomic mass is 10.1. The lowest BCUT2D eigenvalue weighted by Gasteiger charge is -2.33. The van der Waals surface area contributed by atoms with Crippen LogP contribution < -0.4 is 0 Å². The van der Waals surface area contributed by atoms with Gasteiger partial charge in [0.25, 0.3) is 11.8 Å². The Morgan fingerprint density at radius 2 is 1.59 bits per heavy atom. The lowest BCUT2D eigenvalue weighted by Crippen LogP contribution is -2.44. The Hall–Kier alpha value is -2.90. The lowest BCUT2D eigenvalue weighted by molar-refractivity contribution is -0.151. The van der Waals surface area contributed by atoms with Crippen molar-refractivity contribution in [2.24, 2.45) is 0 Å².